The van der Waals surface area contributed by atoms with Gasteiger partial charge >= 0.3 is 0 Å². The van der Waals surface area contributed by atoms with Gasteiger partial charge in [-0.3, -0.25) is 0 Å². The average Bonchev–Trinajstić information content (AvgIpc) is 2.08. The van der Waals surface area contributed by atoms with E-state index in [-0.39, 0.29) is 0 Å². The highest BCUT2D eigenvalue weighted by Gasteiger charge is 2.49. The summed E-state index contributed by atoms with van der Waals surface area (Å²) in [5, 5.41) is 45.8. The topological polar surface area (TPSA) is 110 Å². The summed E-state index contributed by atoms with van der Waals surface area (Å²) in [5.74, 6) is -1.95. The van der Waals surface area contributed by atoms with Gasteiger partial charge in [-0.2, -0.15) is 0 Å². The van der Waals surface area contributed by atoms with Crippen molar-refractivity contribution in [1.29, 1.82) is 0 Å². The molecule has 5 N–H and O–H groups in total. The molecule has 0 aromatic rings. The molecule has 78 valence electrons. The lowest BCUT2D eigenvalue weighted by Gasteiger charge is -2.43. The molecule has 0 aromatic heterocycles. The Hall–Kier alpha value is -0.240. The van der Waals surface area contributed by atoms with E-state index in [4.69, 9.17) is 9.84 Å². The zero-order chi connectivity index (χ0) is 10.2. The van der Waals surface area contributed by atoms with Crippen LogP contribution in [0.15, 0.2) is 0 Å². The summed E-state index contributed by atoms with van der Waals surface area (Å²) < 4.78 is 4.76. The van der Waals surface area contributed by atoms with Crippen molar-refractivity contribution >= 4 is 0 Å². The first-order valence-electron chi connectivity index (χ1n) is 3.95. The Balaban J connectivity index is 2.79. The summed E-state index contributed by atoms with van der Waals surface area (Å²) in [6.45, 7) is 0.608. The van der Waals surface area contributed by atoms with Gasteiger partial charge in [-0.15, -0.1) is 0 Å². The highest BCUT2D eigenvalue weighted by atomic mass is 16.7. The van der Waals surface area contributed by atoms with Gasteiger partial charge in [-0.25, -0.2) is 0 Å². The molecule has 0 aliphatic carbocycles. The second-order valence-electron chi connectivity index (χ2n) is 3.32. The van der Waals surface area contributed by atoms with Crippen LogP contribution in [0.2, 0.25) is 0 Å². The quantitative estimate of drug-likeness (QED) is 0.308. The van der Waals surface area contributed by atoms with Gasteiger partial charge in [-0.1, -0.05) is 0 Å². The van der Waals surface area contributed by atoms with Crippen LogP contribution in [0.4, 0.5) is 0 Å². The lowest BCUT2D eigenvalue weighted by Crippen LogP contribution is -2.63. The Bertz CT molecular complexity index is 180. The van der Waals surface area contributed by atoms with Crippen molar-refractivity contribution in [3.05, 3.63) is 0 Å². The molecule has 5 atom stereocenters. The smallest absolute Gasteiger partial charge is 0.192 e. The summed E-state index contributed by atoms with van der Waals surface area (Å²) in [4.78, 5) is 0. The fourth-order valence-electron chi connectivity index (χ4n) is 1.31. The normalized spacial score (nSPS) is 52.2. The molecule has 1 rings (SSSR count). The molecule has 0 radical (unpaired) electrons. The van der Waals surface area contributed by atoms with E-state index in [9.17, 15) is 20.4 Å². The van der Waals surface area contributed by atoms with Crippen LogP contribution in [0, 0.1) is 0 Å². The van der Waals surface area contributed by atoms with Crippen LogP contribution in [-0.4, -0.2) is 62.3 Å². The van der Waals surface area contributed by atoms with E-state index in [2.05, 4.69) is 0 Å². The van der Waals surface area contributed by atoms with Crippen LogP contribution in [-0.2, 0) is 4.74 Å². The third kappa shape index (κ3) is 1.83. The predicted molar refractivity (Wildman–Crippen MR) is 40.6 cm³/mol. The molecule has 0 amide bonds. The average molecular weight is 194 g/mol. The summed E-state index contributed by atoms with van der Waals surface area (Å²) in [7, 11) is 0. The van der Waals surface area contributed by atoms with E-state index in [1.807, 2.05) is 0 Å². The van der Waals surface area contributed by atoms with Gasteiger partial charge in [0.15, 0.2) is 5.79 Å². The number of rotatable bonds is 1. The summed E-state index contributed by atoms with van der Waals surface area (Å²) in [6.07, 6.45) is -5.61. The molecular formula is C7H14O6. The molecule has 0 aromatic carbocycles. The van der Waals surface area contributed by atoms with E-state index < -0.39 is 36.8 Å². The van der Waals surface area contributed by atoms with Gasteiger partial charge in [0.2, 0.25) is 0 Å². The van der Waals surface area contributed by atoms with Gasteiger partial charge in [0.25, 0.3) is 0 Å². The molecule has 0 spiro atoms. The number of aliphatic hydroxyl groups excluding tert-OH is 4. The first-order chi connectivity index (χ1) is 5.90. The lowest BCUT2D eigenvalue weighted by atomic mass is 9.94. The Kier molecular flexibility index (Phi) is 2.91. The molecule has 1 fully saturated rings. The minimum atomic E-state index is -1.95. The molecule has 1 saturated heterocycles. The number of ether oxygens (including phenoxy) is 1. The minimum Gasteiger partial charge on any atom is -0.394 e. The molecule has 1 heterocycles. The summed E-state index contributed by atoms with van der Waals surface area (Å²) >= 11 is 0. The number of aliphatic hydroxyl groups is 5. The summed E-state index contributed by atoms with van der Waals surface area (Å²) in [6, 6.07) is 0. The molecule has 3 unspecified atom stereocenters. The largest absolute Gasteiger partial charge is 0.394 e. The predicted octanol–water partition coefficient (Wildman–Crippen LogP) is -2.83. The maximum Gasteiger partial charge on any atom is 0.192 e. The maximum absolute atomic E-state index is 9.38. The van der Waals surface area contributed by atoms with Gasteiger partial charge in [-0.05, 0) is 6.92 Å². The van der Waals surface area contributed by atoms with Crippen LogP contribution in [0.5, 0.6) is 0 Å². The van der Waals surface area contributed by atoms with Crippen molar-refractivity contribution in [3.8, 4) is 0 Å². The Morgan fingerprint density at radius 1 is 1.23 bits per heavy atom. The van der Waals surface area contributed by atoms with E-state index in [1.165, 1.54) is 0 Å². The fourth-order valence-corrected chi connectivity index (χ4v) is 1.31. The van der Waals surface area contributed by atoms with Crippen LogP contribution < -0.4 is 0 Å². The van der Waals surface area contributed by atoms with Crippen LogP contribution in [0.1, 0.15) is 6.92 Å². The second-order valence-corrected chi connectivity index (χ2v) is 3.32. The number of hydrogen-bond donors (Lipinski definition) is 5. The first kappa shape index (κ1) is 10.8. The lowest BCUT2D eigenvalue weighted by molar-refractivity contribution is -0.341. The van der Waals surface area contributed by atoms with Crippen molar-refractivity contribution < 1.29 is 30.3 Å². The molecule has 0 bridgehead atoms. The van der Waals surface area contributed by atoms with Crippen molar-refractivity contribution in [2.24, 2.45) is 0 Å². The van der Waals surface area contributed by atoms with Gasteiger partial charge < -0.3 is 30.3 Å². The van der Waals surface area contributed by atoms with Gasteiger partial charge in [0, 0.05) is 0 Å². The second kappa shape index (κ2) is 3.49. The van der Waals surface area contributed by atoms with E-state index in [0.717, 1.165) is 6.92 Å². The zero-order valence-electron chi connectivity index (χ0n) is 7.16. The third-order valence-electron chi connectivity index (χ3n) is 2.17. The molecule has 1 aliphatic rings. The van der Waals surface area contributed by atoms with Crippen LogP contribution in [0.25, 0.3) is 0 Å². The van der Waals surface area contributed by atoms with Crippen LogP contribution in [0.3, 0.4) is 0 Å². The molecule has 1 aliphatic heterocycles. The monoisotopic (exact) mass is 194 g/mol. The Morgan fingerprint density at radius 2 is 1.77 bits per heavy atom. The van der Waals surface area contributed by atoms with E-state index >= 15 is 0 Å². The standard InChI is InChI=1S/C7H14O6/c1-7(12)6(11)5(10)4(9)3(2-8)13-7/h3-6,8-12H,2H2,1H3/t3?,4-,5+,6?,7?/m1/s1. The maximum atomic E-state index is 9.38. The van der Waals surface area contributed by atoms with Gasteiger partial charge in [0.1, 0.15) is 24.4 Å². The van der Waals surface area contributed by atoms with Crippen molar-refractivity contribution in [2.45, 2.75) is 37.1 Å². The third-order valence-corrected chi connectivity index (χ3v) is 2.17. The molecule has 0 saturated carbocycles. The highest BCUT2D eigenvalue weighted by Crippen LogP contribution is 2.27. The van der Waals surface area contributed by atoms with Crippen molar-refractivity contribution in [3.63, 3.8) is 0 Å². The highest BCUT2D eigenvalue weighted by molar-refractivity contribution is 4.93. The van der Waals surface area contributed by atoms with Crippen molar-refractivity contribution in [1.82, 2.24) is 0 Å². The van der Waals surface area contributed by atoms with Crippen LogP contribution >= 0.6 is 0 Å². The van der Waals surface area contributed by atoms with Crippen molar-refractivity contribution in [2.75, 3.05) is 6.61 Å². The zero-order valence-corrected chi connectivity index (χ0v) is 7.16. The SMILES string of the molecule is CC1(O)OC(CO)[C@@H](O)[C@H](O)C1O. The Labute approximate surface area is 75.0 Å². The van der Waals surface area contributed by atoms with Gasteiger partial charge in [0.05, 0.1) is 6.61 Å². The molecule has 13 heavy (non-hydrogen) atoms. The molecular weight excluding hydrogens is 180 g/mol. The summed E-state index contributed by atoms with van der Waals surface area (Å²) in [5.41, 5.74) is 0. The first-order valence-corrected chi connectivity index (χ1v) is 3.95. The Morgan fingerprint density at radius 3 is 2.23 bits per heavy atom. The number of hydrogen-bond acceptors (Lipinski definition) is 6. The molecule has 6 heteroatoms. The molecule has 6 nitrogen and oxygen atoms in total. The van der Waals surface area contributed by atoms with E-state index in [0.29, 0.717) is 0 Å². The minimum absolute atomic E-state index is 0.541. The van der Waals surface area contributed by atoms with E-state index in [1.54, 1.807) is 0 Å². The fraction of sp³-hybridized carbons (Fsp3) is 1.00.